The molecule has 1 fully saturated rings. The smallest absolute Gasteiger partial charge is 0.0171 e. The lowest BCUT2D eigenvalue weighted by Gasteiger charge is -2.31. The van der Waals surface area contributed by atoms with Gasteiger partial charge in [-0.3, -0.25) is 0 Å². The van der Waals surface area contributed by atoms with Gasteiger partial charge < -0.3 is 0 Å². The lowest BCUT2D eigenvalue weighted by molar-refractivity contribution is 0.249. The van der Waals surface area contributed by atoms with Gasteiger partial charge in [0.25, 0.3) is 0 Å². The van der Waals surface area contributed by atoms with Crippen molar-refractivity contribution in [3.8, 4) is 0 Å². The molecule has 0 amide bonds. The highest BCUT2D eigenvalue weighted by atomic mass is 14.5. The molecule has 0 radical (unpaired) electrons. The van der Waals surface area contributed by atoms with Crippen molar-refractivity contribution in [3.05, 3.63) is 11.6 Å². The first kappa shape index (κ1) is 7.39. The predicted molar refractivity (Wildman–Crippen MR) is 48.4 cm³/mol. The van der Waals surface area contributed by atoms with Gasteiger partial charge in [0, 0.05) is 0 Å². The summed E-state index contributed by atoms with van der Waals surface area (Å²) in [5, 5.41) is 0. The molecule has 0 saturated heterocycles. The monoisotopic (exact) mass is 150 g/mol. The molecule has 62 valence electrons. The number of hydrogen-bond acceptors (Lipinski definition) is 0. The van der Waals surface area contributed by atoms with Crippen LogP contribution in [0.15, 0.2) is 11.6 Å². The van der Waals surface area contributed by atoms with Crippen molar-refractivity contribution in [2.24, 2.45) is 17.3 Å². The third kappa shape index (κ3) is 0.881. The molecule has 2 bridgehead atoms. The van der Waals surface area contributed by atoms with Gasteiger partial charge in [0.15, 0.2) is 0 Å². The molecule has 2 aliphatic carbocycles. The van der Waals surface area contributed by atoms with Gasteiger partial charge in [-0.1, -0.05) is 31.9 Å². The van der Waals surface area contributed by atoms with Crippen LogP contribution in [0.25, 0.3) is 0 Å². The Hall–Kier alpha value is -0.260. The van der Waals surface area contributed by atoms with Crippen molar-refractivity contribution in [3.63, 3.8) is 0 Å². The van der Waals surface area contributed by atoms with Crippen LogP contribution in [0.1, 0.15) is 40.0 Å². The topological polar surface area (TPSA) is 0 Å². The zero-order valence-corrected chi connectivity index (χ0v) is 7.85. The summed E-state index contributed by atoms with van der Waals surface area (Å²) in [6, 6.07) is 0. The second-order valence-corrected chi connectivity index (χ2v) is 4.66. The number of rotatable bonds is 1. The zero-order valence-electron chi connectivity index (χ0n) is 7.85. The second-order valence-electron chi connectivity index (χ2n) is 4.66. The van der Waals surface area contributed by atoms with Gasteiger partial charge in [0.1, 0.15) is 0 Å². The van der Waals surface area contributed by atoms with E-state index in [0.29, 0.717) is 5.41 Å². The fourth-order valence-electron chi connectivity index (χ4n) is 2.86. The molecule has 0 spiro atoms. The maximum atomic E-state index is 2.53. The minimum atomic E-state index is 0.657. The number of hydrogen-bond donors (Lipinski definition) is 0. The van der Waals surface area contributed by atoms with E-state index in [-0.39, 0.29) is 0 Å². The molecule has 0 heterocycles. The highest BCUT2D eigenvalue weighted by Gasteiger charge is 2.45. The average Bonchev–Trinajstić information content (AvgIpc) is 2.45. The first-order chi connectivity index (χ1) is 5.15. The second kappa shape index (κ2) is 2.12. The van der Waals surface area contributed by atoms with E-state index in [4.69, 9.17) is 0 Å². The molecular formula is C11H18. The SMILES string of the molecule is CCC1(C)CC2CC1C=C2C. The van der Waals surface area contributed by atoms with Crippen LogP contribution in [0.4, 0.5) is 0 Å². The Morgan fingerprint density at radius 3 is 2.73 bits per heavy atom. The van der Waals surface area contributed by atoms with E-state index >= 15 is 0 Å². The molecular weight excluding hydrogens is 132 g/mol. The fraction of sp³-hybridized carbons (Fsp3) is 0.818. The summed E-state index contributed by atoms with van der Waals surface area (Å²) in [6.45, 7) is 7.10. The van der Waals surface area contributed by atoms with Gasteiger partial charge in [-0.25, -0.2) is 0 Å². The normalized spacial score (nSPS) is 48.1. The predicted octanol–water partition coefficient (Wildman–Crippen LogP) is 3.39. The molecule has 11 heavy (non-hydrogen) atoms. The molecule has 2 aliphatic rings. The van der Waals surface area contributed by atoms with E-state index in [1.54, 1.807) is 5.57 Å². The number of fused-ring (bicyclic) bond motifs is 2. The van der Waals surface area contributed by atoms with Crippen LogP contribution < -0.4 is 0 Å². The maximum absolute atomic E-state index is 2.53. The third-order valence-corrected chi connectivity index (χ3v) is 4.06. The number of allylic oxidation sites excluding steroid dienone is 2. The van der Waals surface area contributed by atoms with Gasteiger partial charge in [0.05, 0.1) is 0 Å². The zero-order chi connectivity index (χ0) is 8.06. The fourth-order valence-corrected chi connectivity index (χ4v) is 2.86. The largest absolute Gasteiger partial charge is 0.0816 e. The molecule has 0 N–H and O–H groups in total. The summed E-state index contributed by atoms with van der Waals surface area (Å²) in [6.07, 6.45) is 6.79. The minimum Gasteiger partial charge on any atom is -0.0816 e. The van der Waals surface area contributed by atoms with Crippen molar-refractivity contribution >= 4 is 0 Å². The van der Waals surface area contributed by atoms with Crippen LogP contribution in [0.2, 0.25) is 0 Å². The lowest BCUT2D eigenvalue weighted by atomic mass is 9.74. The summed E-state index contributed by atoms with van der Waals surface area (Å²) in [5.41, 5.74) is 2.32. The summed E-state index contributed by atoms with van der Waals surface area (Å²) in [7, 11) is 0. The van der Waals surface area contributed by atoms with E-state index in [9.17, 15) is 0 Å². The molecule has 3 atom stereocenters. The lowest BCUT2D eigenvalue weighted by Crippen LogP contribution is -2.21. The van der Waals surface area contributed by atoms with Crippen LogP contribution in [0, 0.1) is 17.3 Å². The van der Waals surface area contributed by atoms with Gasteiger partial charge in [0.2, 0.25) is 0 Å². The summed E-state index contributed by atoms with van der Waals surface area (Å²) in [4.78, 5) is 0. The first-order valence-corrected chi connectivity index (χ1v) is 4.84. The van der Waals surface area contributed by atoms with Crippen LogP contribution in [0.5, 0.6) is 0 Å². The van der Waals surface area contributed by atoms with Gasteiger partial charge in [-0.05, 0) is 37.0 Å². The van der Waals surface area contributed by atoms with Crippen molar-refractivity contribution in [1.82, 2.24) is 0 Å². The molecule has 0 heteroatoms. The maximum Gasteiger partial charge on any atom is -0.0171 e. The Morgan fingerprint density at radius 1 is 1.64 bits per heavy atom. The highest BCUT2D eigenvalue weighted by Crippen LogP contribution is 2.56. The first-order valence-electron chi connectivity index (χ1n) is 4.84. The summed E-state index contributed by atoms with van der Waals surface area (Å²) < 4.78 is 0. The van der Waals surface area contributed by atoms with Gasteiger partial charge in [-0.2, -0.15) is 0 Å². The summed E-state index contributed by atoms with van der Waals surface area (Å²) >= 11 is 0. The molecule has 0 aromatic carbocycles. The quantitative estimate of drug-likeness (QED) is 0.503. The van der Waals surface area contributed by atoms with Crippen LogP contribution in [-0.4, -0.2) is 0 Å². The average molecular weight is 150 g/mol. The highest BCUT2D eigenvalue weighted by molar-refractivity contribution is 5.21. The van der Waals surface area contributed by atoms with Crippen LogP contribution in [-0.2, 0) is 0 Å². The Morgan fingerprint density at radius 2 is 2.36 bits per heavy atom. The molecule has 1 saturated carbocycles. The Bertz CT molecular complexity index is 202. The summed E-state index contributed by atoms with van der Waals surface area (Å²) in [5.74, 6) is 1.86. The van der Waals surface area contributed by atoms with Crippen LogP contribution in [0.3, 0.4) is 0 Å². The van der Waals surface area contributed by atoms with E-state index in [1.807, 2.05) is 0 Å². The van der Waals surface area contributed by atoms with Crippen molar-refractivity contribution in [1.29, 1.82) is 0 Å². The molecule has 0 aliphatic heterocycles. The van der Waals surface area contributed by atoms with Crippen molar-refractivity contribution in [2.45, 2.75) is 40.0 Å². The van der Waals surface area contributed by atoms with Gasteiger partial charge >= 0.3 is 0 Å². The van der Waals surface area contributed by atoms with Crippen molar-refractivity contribution < 1.29 is 0 Å². The molecule has 0 aromatic heterocycles. The molecule has 0 aromatic rings. The van der Waals surface area contributed by atoms with E-state index in [2.05, 4.69) is 26.8 Å². The Balaban J connectivity index is 2.25. The van der Waals surface area contributed by atoms with Crippen LogP contribution >= 0.6 is 0 Å². The molecule has 0 nitrogen and oxygen atoms in total. The Labute approximate surface area is 69.7 Å². The van der Waals surface area contributed by atoms with Gasteiger partial charge in [-0.15, -0.1) is 0 Å². The standard InChI is InChI=1S/C11H18/c1-4-11(3)7-9-6-10(11)5-8(9)2/h5,9-10H,4,6-7H2,1-3H3. The van der Waals surface area contributed by atoms with E-state index in [0.717, 1.165) is 11.8 Å². The Kier molecular flexibility index (Phi) is 1.42. The van der Waals surface area contributed by atoms with Crippen molar-refractivity contribution in [2.75, 3.05) is 0 Å². The molecule has 2 rings (SSSR count). The third-order valence-electron chi connectivity index (χ3n) is 4.06. The van der Waals surface area contributed by atoms with E-state index < -0.39 is 0 Å². The minimum absolute atomic E-state index is 0.657. The molecule has 3 unspecified atom stereocenters. The van der Waals surface area contributed by atoms with E-state index in [1.165, 1.54) is 19.3 Å².